The lowest BCUT2D eigenvalue weighted by molar-refractivity contribution is 0.0620. The summed E-state index contributed by atoms with van der Waals surface area (Å²) in [5.74, 6) is 0.427. The summed E-state index contributed by atoms with van der Waals surface area (Å²) in [5.41, 5.74) is 1.17. The molecule has 0 bridgehead atoms. The summed E-state index contributed by atoms with van der Waals surface area (Å²) in [6, 6.07) is 12.0. The van der Waals surface area contributed by atoms with Crippen LogP contribution < -0.4 is 14.4 Å². The number of para-hydroxylation sites is 1. The number of hydrogen-bond donors (Lipinski definition) is 1. The average molecular weight is 423 g/mol. The van der Waals surface area contributed by atoms with E-state index < -0.39 is 15.6 Å². The maximum Gasteiger partial charge on any atom is 0.253 e. The van der Waals surface area contributed by atoms with Crippen LogP contribution in [0.3, 0.4) is 0 Å². The second-order valence-corrected chi connectivity index (χ2v) is 9.95. The fourth-order valence-corrected chi connectivity index (χ4v) is 4.00. The van der Waals surface area contributed by atoms with Crippen molar-refractivity contribution in [3.8, 4) is 5.75 Å². The predicted octanol–water partition coefficient (Wildman–Crippen LogP) is 3.77. The molecule has 1 amide bonds. The zero-order chi connectivity index (χ0) is 20.7. The number of anilines is 1. The summed E-state index contributed by atoms with van der Waals surface area (Å²) in [4.78, 5) is 12.9. The predicted molar refractivity (Wildman–Crippen MR) is 111 cm³/mol. The zero-order valence-corrected chi connectivity index (χ0v) is 17.8. The lowest BCUT2D eigenvalue weighted by Crippen LogP contribution is -2.41. The van der Waals surface area contributed by atoms with Crippen molar-refractivity contribution in [3.05, 3.63) is 58.6 Å². The second-order valence-electron chi connectivity index (χ2n) is 7.52. The maximum absolute atomic E-state index is 12.9. The first-order chi connectivity index (χ1) is 13.0. The number of fused-ring (bicyclic) bond motifs is 1. The van der Waals surface area contributed by atoms with Gasteiger partial charge in [0.25, 0.3) is 5.91 Å². The number of carbonyl (C=O) groups is 1. The molecule has 0 saturated heterocycles. The number of carbonyl (C=O) groups excluding carboxylic acids is 1. The lowest BCUT2D eigenvalue weighted by atomic mass is 9.89. The smallest absolute Gasteiger partial charge is 0.253 e. The monoisotopic (exact) mass is 422 g/mol. The van der Waals surface area contributed by atoms with Gasteiger partial charge in [0.2, 0.25) is 10.0 Å². The Morgan fingerprint density at radius 3 is 2.57 bits per heavy atom. The first-order valence-corrected chi connectivity index (χ1v) is 11.0. The molecular formula is C20H23ClN2O4S. The van der Waals surface area contributed by atoms with Gasteiger partial charge >= 0.3 is 0 Å². The summed E-state index contributed by atoms with van der Waals surface area (Å²) >= 11 is 6.29. The van der Waals surface area contributed by atoms with Crippen molar-refractivity contribution in [2.45, 2.75) is 31.9 Å². The van der Waals surface area contributed by atoms with Crippen LogP contribution in [0.5, 0.6) is 5.75 Å². The summed E-state index contributed by atoms with van der Waals surface area (Å²) in [7, 11) is -1.98. The molecule has 1 aliphatic rings. The number of sulfonamides is 1. The second kappa shape index (κ2) is 7.29. The maximum atomic E-state index is 12.9. The average Bonchev–Trinajstić information content (AvgIpc) is 2.59. The van der Waals surface area contributed by atoms with Crippen LogP contribution in [0.1, 0.15) is 42.2 Å². The van der Waals surface area contributed by atoms with Gasteiger partial charge in [-0.25, -0.2) is 8.42 Å². The fourth-order valence-electron chi connectivity index (χ4n) is 3.24. The van der Waals surface area contributed by atoms with Gasteiger partial charge in [-0.2, -0.15) is 0 Å². The van der Waals surface area contributed by atoms with Gasteiger partial charge in [-0.3, -0.25) is 9.10 Å². The molecule has 0 aliphatic carbocycles. The highest BCUT2D eigenvalue weighted by atomic mass is 35.5. The SMILES string of the molecule is CN(c1ccc(C(=O)NC2CC(C)(C)Oc3ccccc32)c(Cl)c1)S(C)(=O)=O. The third kappa shape index (κ3) is 4.25. The quantitative estimate of drug-likeness (QED) is 0.813. The summed E-state index contributed by atoms with van der Waals surface area (Å²) in [6.07, 6.45) is 1.72. The molecule has 1 unspecified atom stereocenters. The molecule has 1 N–H and O–H groups in total. The standard InChI is InChI=1S/C20H23ClN2O4S/c1-20(2)12-17(15-7-5-6-8-18(15)27-20)22-19(24)14-10-9-13(11-16(14)21)23(3)28(4,25)26/h5-11,17H,12H2,1-4H3,(H,22,24). The van der Waals surface area contributed by atoms with E-state index >= 15 is 0 Å². The summed E-state index contributed by atoms with van der Waals surface area (Å²) < 4.78 is 30.5. The van der Waals surface area contributed by atoms with E-state index in [1.807, 2.05) is 38.1 Å². The third-order valence-electron chi connectivity index (χ3n) is 4.74. The van der Waals surface area contributed by atoms with E-state index in [0.29, 0.717) is 12.1 Å². The molecule has 3 rings (SSSR count). The first-order valence-electron chi connectivity index (χ1n) is 8.80. The number of nitrogens with zero attached hydrogens (tertiary/aromatic N) is 1. The molecule has 1 heterocycles. The van der Waals surface area contributed by atoms with E-state index in [2.05, 4.69) is 5.32 Å². The Morgan fingerprint density at radius 2 is 1.93 bits per heavy atom. The van der Waals surface area contributed by atoms with E-state index in [1.54, 1.807) is 6.07 Å². The van der Waals surface area contributed by atoms with E-state index in [4.69, 9.17) is 16.3 Å². The van der Waals surface area contributed by atoms with E-state index in [1.165, 1.54) is 19.2 Å². The molecule has 6 nitrogen and oxygen atoms in total. The van der Waals surface area contributed by atoms with Crippen molar-refractivity contribution in [1.82, 2.24) is 5.32 Å². The molecular weight excluding hydrogens is 400 g/mol. The number of nitrogens with one attached hydrogen (secondary N) is 1. The van der Waals surface area contributed by atoms with E-state index in [-0.39, 0.29) is 22.5 Å². The normalized spacial score (nSPS) is 18.0. The van der Waals surface area contributed by atoms with Crippen LogP contribution in [-0.2, 0) is 10.0 Å². The van der Waals surface area contributed by atoms with Crippen LogP contribution in [0.4, 0.5) is 5.69 Å². The molecule has 0 saturated carbocycles. The van der Waals surface area contributed by atoms with Crippen molar-refractivity contribution in [3.63, 3.8) is 0 Å². The highest BCUT2D eigenvalue weighted by Gasteiger charge is 2.34. The van der Waals surface area contributed by atoms with Crippen LogP contribution in [0.15, 0.2) is 42.5 Å². The molecule has 2 aromatic rings. The van der Waals surface area contributed by atoms with Crippen LogP contribution in [0.2, 0.25) is 5.02 Å². The highest BCUT2D eigenvalue weighted by Crippen LogP contribution is 2.39. The Bertz CT molecular complexity index is 1020. The third-order valence-corrected chi connectivity index (χ3v) is 6.26. The Hall–Kier alpha value is -2.25. The number of amides is 1. The Labute approximate surface area is 170 Å². The minimum absolute atomic E-state index is 0.185. The topological polar surface area (TPSA) is 75.7 Å². The molecule has 0 aromatic heterocycles. The van der Waals surface area contributed by atoms with Gasteiger partial charge in [-0.15, -0.1) is 0 Å². The molecule has 1 aliphatic heterocycles. The van der Waals surface area contributed by atoms with Gasteiger partial charge < -0.3 is 10.1 Å². The Kier molecular flexibility index (Phi) is 5.34. The summed E-state index contributed by atoms with van der Waals surface area (Å²) in [6.45, 7) is 3.95. The zero-order valence-electron chi connectivity index (χ0n) is 16.2. The number of hydrogen-bond acceptors (Lipinski definition) is 4. The fraction of sp³-hybridized carbons (Fsp3) is 0.350. The van der Waals surface area contributed by atoms with Crippen molar-refractivity contribution in [2.75, 3.05) is 17.6 Å². The van der Waals surface area contributed by atoms with Crippen molar-refractivity contribution < 1.29 is 17.9 Å². The minimum atomic E-state index is -3.41. The highest BCUT2D eigenvalue weighted by molar-refractivity contribution is 7.92. The molecule has 8 heteroatoms. The van der Waals surface area contributed by atoms with E-state index in [9.17, 15) is 13.2 Å². The van der Waals surface area contributed by atoms with Crippen LogP contribution in [-0.4, -0.2) is 33.2 Å². The molecule has 28 heavy (non-hydrogen) atoms. The van der Waals surface area contributed by atoms with Crippen LogP contribution in [0, 0.1) is 0 Å². The molecule has 150 valence electrons. The van der Waals surface area contributed by atoms with Crippen LogP contribution in [0.25, 0.3) is 0 Å². The molecule has 0 radical (unpaired) electrons. The van der Waals surface area contributed by atoms with Gasteiger partial charge in [0.1, 0.15) is 11.4 Å². The van der Waals surface area contributed by atoms with E-state index in [0.717, 1.165) is 21.9 Å². The molecule has 0 fully saturated rings. The van der Waals surface area contributed by atoms with Gasteiger partial charge in [0.05, 0.1) is 28.6 Å². The number of ether oxygens (including phenoxy) is 1. The lowest BCUT2D eigenvalue weighted by Gasteiger charge is -2.37. The van der Waals surface area contributed by atoms with Crippen molar-refractivity contribution in [1.29, 1.82) is 0 Å². The summed E-state index contributed by atoms with van der Waals surface area (Å²) in [5, 5.41) is 3.22. The number of halogens is 1. The van der Waals surface area contributed by atoms with Gasteiger partial charge in [0, 0.05) is 19.0 Å². The van der Waals surface area contributed by atoms with Crippen LogP contribution >= 0.6 is 11.6 Å². The molecule has 1 atom stereocenters. The first kappa shape index (κ1) is 20.5. The Balaban J connectivity index is 1.86. The minimum Gasteiger partial charge on any atom is -0.487 e. The van der Waals surface area contributed by atoms with Gasteiger partial charge in [-0.05, 0) is 38.1 Å². The van der Waals surface area contributed by atoms with Gasteiger partial charge in [0.15, 0.2) is 0 Å². The number of benzene rings is 2. The van der Waals surface area contributed by atoms with Crippen molar-refractivity contribution in [2.24, 2.45) is 0 Å². The van der Waals surface area contributed by atoms with Gasteiger partial charge in [-0.1, -0.05) is 29.8 Å². The molecule has 0 spiro atoms. The molecule has 2 aromatic carbocycles. The largest absolute Gasteiger partial charge is 0.487 e. The Morgan fingerprint density at radius 1 is 1.25 bits per heavy atom. The van der Waals surface area contributed by atoms with Crippen molar-refractivity contribution >= 4 is 33.2 Å². The number of rotatable bonds is 4.